The molecule has 0 fully saturated rings. The maximum atomic E-state index is 8.33. The highest BCUT2D eigenvalue weighted by Gasteiger charge is 1.93. The largest absolute Gasteiger partial charge is 0.399 e. The van der Waals surface area contributed by atoms with Gasteiger partial charge in [-0.05, 0) is 25.0 Å². The summed E-state index contributed by atoms with van der Waals surface area (Å²) in [6.07, 6.45) is 2.58. The van der Waals surface area contributed by atoms with Gasteiger partial charge in [-0.15, -0.1) is 0 Å². The topological polar surface area (TPSA) is 66.5 Å². The highest BCUT2D eigenvalue weighted by Crippen LogP contribution is 2.00. The second kappa shape index (κ2) is 9.49. The number of hydrogen-bond acceptors (Lipinski definition) is 3. The summed E-state index contributed by atoms with van der Waals surface area (Å²) in [7, 11) is 0. The fourth-order valence-corrected chi connectivity index (χ4v) is 1.03. The molecule has 1 rings (SSSR count). The van der Waals surface area contributed by atoms with Crippen LogP contribution in [0.4, 0.5) is 5.69 Å². The number of unbranched alkanes of at least 4 members (excludes halogenated alkanes) is 2. The highest BCUT2D eigenvalue weighted by molar-refractivity contribution is 5.35. The molecule has 0 atom stereocenters. The molecule has 15 heavy (non-hydrogen) atoms. The molecule has 3 nitrogen and oxygen atoms in total. The monoisotopic (exact) mass is 211 g/mol. The predicted molar refractivity (Wildman–Crippen MR) is 63.2 cm³/mol. The van der Waals surface area contributed by atoms with Gasteiger partial charge in [0.1, 0.15) is 0 Å². The minimum absolute atomic E-state index is 0.522. The number of aliphatic hydroxyl groups excluding tert-OH is 1. The molecule has 0 unspecified atom stereocenters. The number of rotatable bonds is 4. The fraction of sp³-hybridized carbons (Fsp3) is 0.500. The lowest BCUT2D eigenvalue weighted by Gasteiger charge is -1.99. The van der Waals surface area contributed by atoms with Crippen molar-refractivity contribution in [1.82, 2.24) is 0 Å². The van der Waals surface area contributed by atoms with E-state index in [-0.39, 0.29) is 0 Å². The molecule has 0 saturated carbocycles. The zero-order valence-corrected chi connectivity index (χ0v) is 9.26. The number of aliphatic hydroxyl groups is 2. The van der Waals surface area contributed by atoms with E-state index in [1.165, 1.54) is 0 Å². The molecule has 4 N–H and O–H groups in total. The van der Waals surface area contributed by atoms with Crippen LogP contribution in [0.15, 0.2) is 30.3 Å². The van der Waals surface area contributed by atoms with Crippen LogP contribution in [0.25, 0.3) is 0 Å². The van der Waals surface area contributed by atoms with Crippen LogP contribution in [0, 0.1) is 0 Å². The molecule has 0 aliphatic carbocycles. The smallest absolute Gasteiger partial charge is 0.151 e. The predicted octanol–water partition coefficient (Wildman–Crippen LogP) is 2.15. The Balaban J connectivity index is 0.000000262. The second-order valence-electron chi connectivity index (χ2n) is 3.39. The summed E-state index contributed by atoms with van der Waals surface area (Å²) in [5.41, 5.74) is 6.18. The van der Waals surface area contributed by atoms with E-state index in [1.807, 2.05) is 30.3 Å². The Labute approximate surface area is 91.6 Å². The summed E-state index contributed by atoms with van der Waals surface area (Å²) in [6, 6.07) is 9.49. The zero-order valence-electron chi connectivity index (χ0n) is 9.26. The molecule has 86 valence electrons. The van der Waals surface area contributed by atoms with Gasteiger partial charge in [0.15, 0.2) is 6.29 Å². The van der Waals surface area contributed by atoms with E-state index in [4.69, 9.17) is 15.9 Å². The van der Waals surface area contributed by atoms with Crippen molar-refractivity contribution in [2.45, 2.75) is 38.9 Å². The van der Waals surface area contributed by atoms with Crippen molar-refractivity contribution in [2.24, 2.45) is 0 Å². The van der Waals surface area contributed by atoms with Crippen molar-refractivity contribution in [3.05, 3.63) is 30.3 Å². The molecule has 0 heterocycles. The number of nitrogen functional groups attached to an aromatic ring is 1. The maximum absolute atomic E-state index is 8.33. The lowest BCUT2D eigenvalue weighted by molar-refractivity contribution is -0.0465. The lowest BCUT2D eigenvalue weighted by Crippen LogP contribution is -2.02. The molecule has 1 aromatic carbocycles. The van der Waals surface area contributed by atoms with Crippen LogP contribution < -0.4 is 5.73 Å². The van der Waals surface area contributed by atoms with Crippen molar-refractivity contribution in [2.75, 3.05) is 5.73 Å². The van der Waals surface area contributed by atoms with Gasteiger partial charge in [-0.3, -0.25) is 0 Å². The molecule has 0 aliphatic rings. The number of nitrogens with two attached hydrogens (primary N) is 1. The van der Waals surface area contributed by atoms with Crippen molar-refractivity contribution in [1.29, 1.82) is 0 Å². The van der Waals surface area contributed by atoms with E-state index in [2.05, 4.69) is 6.92 Å². The third-order valence-electron chi connectivity index (χ3n) is 1.87. The van der Waals surface area contributed by atoms with Gasteiger partial charge in [-0.25, -0.2) is 0 Å². The van der Waals surface area contributed by atoms with Gasteiger partial charge in [0.2, 0.25) is 0 Å². The summed E-state index contributed by atoms with van der Waals surface area (Å²) in [5, 5.41) is 16.7. The van der Waals surface area contributed by atoms with Gasteiger partial charge in [-0.1, -0.05) is 38.0 Å². The summed E-state index contributed by atoms with van der Waals surface area (Å²) in [6.45, 7) is 2.09. The zero-order chi connectivity index (χ0) is 11.5. The molecule has 3 heteroatoms. The van der Waals surface area contributed by atoms with E-state index >= 15 is 0 Å². The van der Waals surface area contributed by atoms with Crippen LogP contribution in [0.1, 0.15) is 32.6 Å². The molecule has 0 saturated heterocycles. The third-order valence-corrected chi connectivity index (χ3v) is 1.87. The number of anilines is 1. The standard InChI is InChI=1S/C6H7N.C6H14O2/c7-6-4-2-1-3-5-6;1-2-3-4-5-6(7)8/h1-5H,7H2;6-8H,2-5H2,1H3. The van der Waals surface area contributed by atoms with E-state index in [0.717, 1.165) is 24.9 Å². The molecular weight excluding hydrogens is 190 g/mol. The quantitative estimate of drug-likeness (QED) is 0.406. The first-order chi connectivity index (χ1) is 7.16. The van der Waals surface area contributed by atoms with Gasteiger partial charge in [0, 0.05) is 5.69 Å². The van der Waals surface area contributed by atoms with Crippen molar-refractivity contribution < 1.29 is 10.2 Å². The molecule has 0 bridgehead atoms. The summed E-state index contributed by atoms with van der Waals surface area (Å²) >= 11 is 0. The fourth-order valence-electron chi connectivity index (χ4n) is 1.03. The average Bonchev–Trinajstić information content (AvgIpc) is 2.20. The maximum Gasteiger partial charge on any atom is 0.151 e. The number of benzene rings is 1. The van der Waals surface area contributed by atoms with Gasteiger partial charge in [0.05, 0.1) is 0 Å². The Morgan fingerprint density at radius 2 is 1.73 bits per heavy atom. The summed E-state index contributed by atoms with van der Waals surface area (Å²) in [4.78, 5) is 0. The van der Waals surface area contributed by atoms with Crippen molar-refractivity contribution in [3.8, 4) is 0 Å². The van der Waals surface area contributed by atoms with E-state index in [9.17, 15) is 0 Å². The molecule has 0 radical (unpaired) electrons. The van der Waals surface area contributed by atoms with Gasteiger partial charge in [0.25, 0.3) is 0 Å². The first kappa shape index (κ1) is 13.9. The van der Waals surface area contributed by atoms with Gasteiger partial charge < -0.3 is 15.9 Å². The lowest BCUT2D eigenvalue weighted by atomic mass is 10.2. The van der Waals surface area contributed by atoms with Crippen LogP contribution in [0.3, 0.4) is 0 Å². The molecule has 0 aromatic heterocycles. The third kappa shape index (κ3) is 10.9. The molecule has 0 amide bonds. The van der Waals surface area contributed by atoms with E-state index in [0.29, 0.717) is 6.42 Å². The van der Waals surface area contributed by atoms with Crippen LogP contribution in [-0.2, 0) is 0 Å². The SMILES string of the molecule is CCCCCC(O)O.Nc1ccccc1. The van der Waals surface area contributed by atoms with Crippen LogP contribution in [-0.4, -0.2) is 16.5 Å². The normalized spacial score (nSPS) is 9.60. The number of hydrogen-bond donors (Lipinski definition) is 3. The Hall–Kier alpha value is -1.06. The van der Waals surface area contributed by atoms with E-state index < -0.39 is 6.29 Å². The van der Waals surface area contributed by atoms with Crippen LogP contribution >= 0.6 is 0 Å². The minimum atomic E-state index is -1.10. The van der Waals surface area contributed by atoms with Crippen LogP contribution in [0.2, 0.25) is 0 Å². The second-order valence-corrected chi connectivity index (χ2v) is 3.39. The number of para-hydroxylation sites is 1. The van der Waals surface area contributed by atoms with Crippen molar-refractivity contribution >= 4 is 5.69 Å². The molecule has 1 aromatic rings. The Morgan fingerprint density at radius 3 is 2.07 bits per heavy atom. The first-order valence-corrected chi connectivity index (χ1v) is 5.33. The van der Waals surface area contributed by atoms with Gasteiger partial charge in [-0.2, -0.15) is 0 Å². The molecule has 0 aliphatic heterocycles. The van der Waals surface area contributed by atoms with E-state index in [1.54, 1.807) is 0 Å². The minimum Gasteiger partial charge on any atom is -0.399 e. The van der Waals surface area contributed by atoms with Crippen molar-refractivity contribution in [3.63, 3.8) is 0 Å². The highest BCUT2D eigenvalue weighted by atomic mass is 16.5. The molecule has 0 spiro atoms. The molecular formula is C12H21NO2. The first-order valence-electron chi connectivity index (χ1n) is 5.33. The Kier molecular flexibility index (Phi) is 8.82. The Bertz CT molecular complexity index is 224. The van der Waals surface area contributed by atoms with Gasteiger partial charge >= 0.3 is 0 Å². The Morgan fingerprint density at radius 1 is 1.13 bits per heavy atom. The van der Waals surface area contributed by atoms with Crippen LogP contribution in [0.5, 0.6) is 0 Å². The average molecular weight is 211 g/mol. The summed E-state index contributed by atoms with van der Waals surface area (Å²) in [5.74, 6) is 0. The summed E-state index contributed by atoms with van der Waals surface area (Å²) < 4.78 is 0.